The van der Waals surface area contributed by atoms with Gasteiger partial charge < -0.3 is 9.47 Å². The molecule has 19 heavy (non-hydrogen) atoms. The number of ether oxygens (including phenoxy) is 2. The second-order valence-corrected chi connectivity index (χ2v) is 4.81. The molecule has 0 radical (unpaired) electrons. The first-order valence-corrected chi connectivity index (χ1v) is 6.70. The van der Waals surface area contributed by atoms with Crippen molar-refractivity contribution in [3.8, 4) is 0 Å². The van der Waals surface area contributed by atoms with Crippen molar-refractivity contribution in [2.24, 2.45) is 0 Å². The Morgan fingerprint density at radius 2 is 2.21 bits per heavy atom. The van der Waals surface area contributed by atoms with Crippen molar-refractivity contribution in [2.45, 2.75) is 31.8 Å². The molecule has 1 saturated heterocycles. The van der Waals surface area contributed by atoms with Crippen LogP contribution < -0.4 is 0 Å². The van der Waals surface area contributed by atoms with Gasteiger partial charge in [-0.2, -0.15) is 0 Å². The Labute approximate surface area is 112 Å². The molecule has 2 rings (SSSR count). The van der Waals surface area contributed by atoms with E-state index in [9.17, 15) is 9.18 Å². The van der Waals surface area contributed by atoms with E-state index < -0.39 is 0 Å². The van der Waals surface area contributed by atoms with E-state index in [0.29, 0.717) is 12.2 Å². The highest BCUT2D eigenvalue weighted by Gasteiger charge is 2.15. The highest BCUT2D eigenvalue weighted by molar-refractivity contribution is 5.82. The van der Waals surface area contributed by atoms with E-state index in [1.165, 1.54) is 6.07 Å². The van der Waals surface area contributed by atoms with Crippen LogP contribution in [0.5, 0.6) is 0 Å². The molecular weight excluding hydrogens is 247 g/mol. The molecule has 0 N–H and O–H groups in total. The van der Waals surface area contributed by atoms with Gasteiger partial charge in [0, 0.05) is 13.0 Å². The van der Waals surface area contributed by atoms with Crippen molar-refractivity contribution in [2.75, 3.05) is 19.8 Å². The maximum absolute atomic E-state index is 13.3. The Balaban J connectivity index is 1.68. The van der Waals surface area contributed by atoms with E-state index >= 15 is 0 Å². The van der Waals surface area contributed by atoms with Crippen LogP contribution in [0.4, 0.5) is 4.39 Å². The van der Waals surface area contributed by atoms with Gasteiger partial charge in [-0.3, -0.25) is 4.79 Å². The number of halogens is 1. The Morgan fingerprint density at radius 1 is 1.37 bits per heavy atom. The minimum Gasteiger partial charge on any atom is -0.376 e. The van der Waals surface area contributed by atoms with Crippen LogP contribution in [-0.4, -0.2) is 31.7 Å². The molecule has 1 aliphatic rings. The number of rotatable bonds is 6. The Kier molecular flexibility index (Phi) is 5.48. The molecule has 1 atom stereocenters. The molecule has 0 bridgehead atoms. The summed E-state index contributed by atoms with van der Waals surface area (Å²) >= 11 is 0. The van der Waals surface area contributed by atoms with Gasteiger partial charge in [0.15, 0.2) is 5.78 Å². The molecule has 1 heterocycles. The molecule has 0 spiro atoms. The van der Waals surface area contributed by atoms with Crippen molar-refractivity contribution in [3.63, 3.8) is 0 Å². The standard InChI is InChI=1S/C15H19FO3/c16-15-7-2-1-5-12(15)9-13(17)10-18-11-14-6-3-4-8-19-14/h1-2,5,7,14H,3-4,6,8-11H2. The molecule has 1 fully saturated rings. The SMILES string of the molecule is O=C(COCC1CCCCO1)Cc1ccccc1F. The summed E-state index contributed by atoms with van der Waals surface area (Å²) in [6.45, 7) is 1.24. The first-order valence-electron chi connectivity index (χ1n) is 6.70. The molecule has 104 valence electrons. The summed E-state index contributed by atoms with van der Waals surface area (Å²) in [5.74, 6) is -0.452. The van der Waals surface area contributed by atoms with Crippen LogP contribution >= 0.6 is 0 Å². The lowest BCUT2D eigenvalue weighted by molar-refractivity contribution is -0.125. The third-order valence-electron chi connectivity index (χ3n) is 3.19. The summed E-state index contributed by atoms with van der Waals surface area (Å²) in [4.78, 5) is 11.7. The van der Waals surface area contributed by atoms with Crippen molar-refractivity contribution >= 4 is 5.78 Å². The van der Waals surface area contributed by atoms with E-state index in [-0.39, 0.29) is 30.7 Å². The highest BCUT2D eigenvalue weighted by Crippen LogP contribution is 2.13. The zero-order valence-electron chi connectivity index (χ0n) is 10.9. The van der Waals surface area contributed by atoms with E-state index in [1.54, 1.807) is 18.2 Å². The fourth-order valence-corrected chi connectivity index (χ4v) is 2.15. The van der Waals surface area contributed by atoms with Crippen molar-refractivity contribution in [1.82, 2.24) is 0 Å². The van der Waals surface area contributed by atoms with Crippen LogP contribution in [-0.2, 0) is 20.7 Å². The lowest BCUT2D eigenvalue weighted by atomic mass is 10.1. The van der Waals surface area contributed by atoms with Gasteiger partial charge in [-0.1, -0.05) is 18.2 Å². The summed E-state index contributed by atoms with van der Waals surface area (Å²) in [6, 6.07) is 6.32. The molecule has 0 amide bonds. The summed E-state index contributed by atoms with van der Waals surface area (Å²) < 4.78 is 24.2. The van der Waals surface area contributed by atoms with Crippen LogP contribution in [0.25, 0.3) is 0 Å². The fraction of sp³-hybridized carbons (Fsp3) is 0.533. The fourth-order valence-electron chi connectivity index (χ4n) is 2.15. The molecule has 0 aliphatic carbocycles. The van der Waals surface area contributed by atoms with Gasteiger partial charge >= 0.3 is 0 Å². The van der Waals surface area contributed by atoms with Crippen LogP contribution in [0.15, 0.2) is 24.3 Å². The Bertz CT molecular complexity index is 414. The number of hydrogen-bond acceptors (Lipinski definition) is 3. The third-order valence-corrected chi connectivity index (χ3v) is 3.19. The average Bonchev–Trinajstić information content (AvgIpc) is 2.43. The predicted octanol–water partition coefficient (Wildman–Crippen LogP) is 2.52. The number of carbonyl (C=O) groups is 1. The van der Waals surface area contributed by atoms with E-state index in [2.05, 4.69) is 0 Å². The van der Waals surface area contributed by atoms with Crippen LogP contribution in [0.1, 0.15) is 24.8 Å². The van der Waals surface area contributed by atoms with Gasteiger partial charge in [0.1, 0.15) is 12.4 Å². The summed E-state index contributed by atoms with van der Waals surface area (Å²) in [7, 11) is 0. The number of benzene rings is 1. The van der Waals surface area contributed by atoms with E-state index in [4.69, 9.17) is 9.47 Å². The first kappa shape index (κ1) is 14.2. The molecular formula is C15H19FO3. The molecule has 0 aromatic heterocycles. The molecule has 1 aromatic carbocycles. The van der Waals surface area contributed by atoms with Gasteiger partial charge in [0.25, 0.3) is 0 Å². The Hall–Kier alpha value is -1.26. The van der Waals surface area contributed by atoms with Crippen molar-refractivity contribution < 1.29 is 18.7 Å². The number of Topliss-reactive ketones (excluding diaryl/α,β-unsaturated/α-hetero) is 1. The van der Waals surface area contributed by atoms with Crippen molar-refractivity contribution in [3.05, 3.63) is 35.6 Å². The van der Waals surface area contributed by atoms with Gasteiger partial charge in [0.2, 0.25) is 0 Å². The normalized spacial score (nSPS) is 19.3. The quantitative estimate of drug-likeness (QED) is 0.793. The molecule has 1 aromatic rings. The summed E-state index contributed by atoms with van der Waals surface area (Å²) in [6.07, 6.45) is 3.43. The highest BCUT2D eigenvalue weighted by atomic mass is 19.1. The maximum Gasteiger partial charge on any atom is 0.162 e. The first-order chi connectivity index (χ1) is 9.25. The van der Waals surface area contributed by atoms with E-state index in [0.717, 1.165) is 25.9 Å². The molecule has 0 saturated carbocycles. The van der Waals surface area contributed by atoms with Crippen molar-refractivity contribution in [1.29, 1.82) is 0 Å². The molecule has 3 nitrogen and oxygen atoms in total. The smallest absolute Gasteiger partial charge is 0.162 e. The second-order valence-electron chi connectivity index (χ2n) is 4.81. The molecule has 1 unspecified atom stereocenters. The van der Waals surface area contributed by atoms with E-state index in [1.807, 2.05) is 0 Å². The minimum absolute atomic E-state index is 0.0220. The summed E-state index contributed by atoms with van der Waals surface area (Å²) in [5.41, 5.74) is 0.421. The topological polar surface area (TPSA) is 35.5 Å². The monoisotopic (exact) mass is 266 g/mol. The molecule has 4 heteroatoms. The van der Waals surface area contributed by atoms with Gasteiger partial charge in [-0.15, -0.1) is 0 Å². The minimum atomic E-state index is -0.341. The zero-order valence-corrected chi connectivity index (χ0v) is 10.9. The predicted molar refractivity (Wildman–Crippen MR) is 69.5 cm³/mol. The Morgan fingerprint density at radius 3 is 2.95 bits per heavy atom. The lowest BCUT2D eigenvalue weighted by Crippen LogP contribution is -2.26. The lowest BCUT2D eigenvalue weighted by Gasteiger charge is -2.22. The van der Waals surface area contributed by atoms with Crippen LogP contribution in [0, 0.1) is 5.82 Å². The van der Waals surface area contributed by atoms with Gasteiger partial charge in [-0.05, 0) is 30.9 Å². The molecule has 1 aliphatic heterocycles. The largest absolute Gasteiger partial charge is 0.376 e. The second kappa shape index (κ2) is 7.36. The van der Waals surface area contributed by atoms with Gasteiger partial charge in [-0.25, -0.2) is 4.39 Å². The maximum atomic E-state index is 13.3. The summed E-state index contributed by atoms with van der Waals surface area (Å²) in [5, 5.41) is 0. The van der Waals surface area contributed by atoms with Gasteiger partial charge in [0.05, 0.1) is 12.7 Å². The average molecular weight is 266 g/mol. The number of hydrogen-bond donors (Lipinski definition) is 0. The zero-order chi connectivity index (χ0) is 13.5. The van der Waals surface area contributed by atoms with Crippen LogP contribution in [0.3, 0.4) is 0 Å². The number of ketones is 1. The van der Waals surface area contributed by atoms with Crippen LogP contribution in [0.2, 0.25) is 0 Å². The third kappa shape index (κ3) is 4.73. The number of carbonyl (C=O) groups excluding carboxylic acids is 1.